The van der Waals surface area contributed by atoms with Crippen molar-refractivity contribution < 1.29 is 18.1 Å². The van der Waals surface area contributed by atoms with E-state index in [9.17, 15) is 23.3 Å². The molecule has 8 nitrogen and oxygen atoms in total. The van der Waals surface area contributed by atoms with Crippen LogP contribution in [0.3, 0.4) is 0 Å². The van der Waals surface area contributed by atoms with E-state index < -0.39 is 14.9 Å². The smallest absolute Gasteiger partial charge is 0.269 e. The lowest BCUT2D eigenvalue weighted by Crippen LogP contribution is -2.23. The number of carbonyl (C=O) groups is 1. The summed E-state index contributed by atoms with van der Waals surface area (Å²) in [4.78, 5) is 21.7. The Morgan fingerprint density at radius 1 is 1.08 bits per heavy atom. The van der Waals surface area contributed by atoms with Gasteiger partial charge in [0.15, 0.2) is 0 Å². The van der Waals surface area contributed by atoms with Crippen LogP contribution in [0.25, 0.3) is 0 Å². The zero-order valence-electron chi connectivity index (χ0n) is 13.4. The van der Waals surface area contributed by atoms with Crippen molar-refractivity contribution in [1.29, 1.82) is 0 Å². The van der Waals surface area contributed by atoms with Gasteiger partial charge in [-0.25, -0.2) is 8.42 Å². The Labute approximate surface area is 145 Å². The molecule has 2 aromatic rings. The van der Waals surface area contributed by atoms with Crippen LogP contribution < -0.4 is 10.0 Å². The van der Waals surface area contributed by atoms with Gasteiger partial charge in [0.05, 0.1) is 9.82 Å². The molecule has 0 bridgehead atoms. The highest BCUT2D eigenvalue weighted by molar-refractivity contribution is 7.92. The quantitative estimate of drug-likeness (QED) is 0.579. The van der Waals surface area contributed by atoms with Crippen LogP contribution in [0.4, 0.5) is 11.4 Å². The molecule has 25 heavy (non-hydrogen) atoms. The number of nitrogens with one attached hydrogen (secondary N) is 2. The summed E-state index contributed by atoms with van der Waals surface area (Å²) in [5.74, 6) is -0.230. The van der Waals surface area contributed by atoms with Crippen LogP contribution in [0.15, 0.2) is 53.4 Å². The molecular formula is C16H17N3O5S. The zero-order valence-corrected chi connectivity index (χ0v) is 14.2. The van der Waals surface area contributed by atoms with Gasteiger partial charge in [0, 0.05) is 29.9 Å². The van der Waals surface area contributed by atoms with E-state index in [-0.39, 0.29) is 22.2 Å². The monoisotopic (exact) mass is 363 g/mol. The molecule has 0 heterocycles. The summed E-state index contributed by atoms with van der Waals surface area (Å²) in [6.07, 6.45) is 0.818. The number of anilines is 1. The first-order valence-corrected chi connectivity index (χ1v) is 8.97. The number of sulfonamides is 1. The first-order valence-electron chi connectivity index (χ1n) is 7.49. The highest BCUT2D eigenvalue weighted by Gasteiger charge is 2.16. The van der Waals surface area contributed by atoms with E-state index >= 15 is 0 Å². The summed E-state index contributed by atoms with van der Waals surface area (Å²) in [5, 5.41) is 13.3. The molecule has 0 aliphatic heterocycles. The molecule has 0 saturated carbocycles. The van der Waals surface area contributed by atoms with E-state index in [2.05, 4.69) is 10.0 Å². The number of non-ortho nitro benzene ring substituents is 1. The highest BCUT2D eigenvalue weighted by Crippen LogP contribution is 2.19. The maximum Gasteiger partial charge on any atom is 0.269 e. The minimum atomic E-state index is -3.88. The van der Waals surface area contributed by atoms with E-state index in [1.165, 1.54) is 24.3 Å². The molecule has 2 rings (SSSR count). The van der Waals surface area contributed by atoms with E-state index in [0.717, 1.165) is 30.7 Å². The fraction of sp³-hybridized carbons (Fsp3) is 0.188. The van der Waals surface area contributed by atoms with Crippen LogP contribution >= 0.6 is 0 Å². The largest absolute Gasteiger partial charge is 0.352 e. The van der Waals surface area contributed by atoms with Crippen LogP contribution in [-0.2, 0) is 10.0 Å². The van der Waals surface area contributed by atoms with Gasteiger partial charge >= 0.3 is 0 Å². The van der Waals surface area contributed by atoms with Crippen molar-refractivity contribution in [2.45, 2.75) is 18.2 Å². The number of carbonyl (C=O) groups excluding carboxylic acids is 1. The lowest BCUT2D eigenvalue weighted by Gasteiger charge is -2.09. The Hall–Kier alpha value is -2.94. The average molecular weight is 363 g/mol. The van der Waals surface area contributed by atoms with Gasteiger partial charge in [0.1, 0.15) is 0 Å². The Morgan fingerprint density at radius 2 is 1.68 bits per heavy atom. The standard InChI is InChI=1S/C16H17N3O5S/c1-2-11-17-16(20)12-3-5-13(6-4-12)18-25(23,24)15-9-7-14(8-10-15)19(21)22/h3-10,18H,2,11H2,1H3,(H,17,20). The number of amides is 1. The molecule has 1 amide bonds. The number of nitro groups is 1. The Bertz CT molecular complexity index is 862. The maximum absolute atomic E-state index is 12.3. The van der Waals surface area contributed by atoms with Crippen LogP contribution in [0, 0.1) is 10.1 Å². The lowest BCUT2D eigenvalue weighted by molar-refractivity contribution is -0.384. The van der Waals surface area contributed by atoms with Crippen LogP contribution in [0.5, 0.6) is 0 Å². The molecule has 9 heteroatoms. The minimum Gasteiger partial charge on any atom is -0.352 e. The van der Waals surface area contributed by atoms with E-state index in [0.29, 0.717) is 12.1 Å². The molecule has 132 valence electrons. The van der Waals surface area contributed by atoms with Gasteiger partial charge < -0.3 is 5.32 Å². The van der Waals surface area contributed by atoms with Crippen molar-refractivity contribution in [3.63, 3.8) is 0 Å². The van der Waals surface area contributed by atoms with Gasteiger partial charge in [-0.05, 0) is 42.8 Å². The SMILES string of the molecule is CCCNC(=O)c1ccc(NS(=O)(=O)c2ccc([N+](=O)[O-])cc2)cc1. The predicted molar refractivity (Wildman–Crippen MR) is 93.0 cm³/mol. The first-order chi connectivity index (χ1) is 11.8. The summed E-state index contributed by atoms with van der Waals surface area (Å²) in [7, 11) is -3.88. The molecule has 2 aromatic carbocycles. The molecule has 0 saturated heterocycles. The highest BCUT2D eigenvalue weighted by atomic mass is 32.2. The fourth-order valence-corrected chi connectivity index (χ4v) is 3.05. The van der Waals surface area contributed by atoms with Crippen molar-refractivity contribution in [3.8, 4) is 0 Å². The third-order valence-corrected chi connectivity index (χ3v) is 4.69. The summed E-state index contributed by atoms with van der Waals surface area (Å²) < 4.78 is 26.9. The summed E-state index contributed by atoms with van der Waals surface area (Å²) >= 11 is 0. The maximum atomic E-state index is 12.3. The van der Waals surface area contributed by atoms with E-state index in [1.54, 1.807) is 0 Å². The molecule has 0 aromatic heterocycles. The summed E-state index contributed by atoms with van der Waals surface area (Å²) in [6, 6.07) is 10.5. The number of hydrogen-bond acceptors (Lipinski definition) is 5. The second-order valence-corrected chi connectivity index (χ2v) is 6.87. The molecule has 2 N–H and O–H groups in total. The van der Waals surface area contributed by atoms with Crippen molar-refractivity contribution in [1.82, 2.24) is 5.32 Å². The van der Waals surface area contributed by atoms with E-state index in [4.69, 9.17) is 0 Å². The van der Waals surface area contributed by atoms with Gasteiger partial charge in [0.25, 0.3) is 21.6 Å². The predicted octanol–water partition coefficient (Wildman–Crippen LogP) is 2.54. The normalized spacial score (nSPS) is 10.9. The molecule has 0 fully saturated rings. The molecule has 0 spiro atoms. The Balaban J connectivity index is 2.12. The van der Waals surface area contributed by atoms with Crippen LogP contribution in [-0.4, -0.2) is 25.8 Å². The zero-order chi connectivity index (χ0) is 18.4. The van der Waals surface area contributed by atoms with Crippen molar-refractivity contribution in [3.05, 3.63) is 64.2 Å². The van der Waals surface area contributed by atoms with Gasteiger partial charge in [0.2, 0.25) is 0 Å². The molecule has 0 aliphatic carbocycles. The van der Waals surface area contributed by atoms with Gasteiger partial charge in [-0.15, -0.1) is 0 Å². The Kier molecular flexibility index (Phi) is 5.71. The Morgan fingerprint density at radius 3 is 2.20 bits per heavy atom. The fourth-order valence-electron chi connectivity index (χ4n) is 1.99. The third kappa shape index (κ3) is 4.77. The molecule has 0 unspecified atom stereocenters. The van der Waals surface area contributed by atoms with Crippen LogP contribution in [0.1, 0.15) is 23.7 Å². The first kappa shape index (κ1) is 18.4. The third-order valence-electron chi connectivity index (χ3n) is 3.29. The number of nitro benzene ring substituents is 1. The van der Waals surface area contributed by atoms with E-state index in [1.807, 2.05) is 6.92 Å². The lowest BCUT2D eigenvalue weighted by atomic mass is 10.2. The molecule has 0 aliphatic rings. The van der Waals surface area contributed by atoms with Crippen molar-refractivity contribution in [2.24, 2.45) is 0 Å². The van der Waals surface area contributed by atoms with Gasteiger partial charge in [-0.3, -0.25) is 19.6 Å². The van der Waals surface area contributed by atoms with Crippen LogP contribution in [0.2, 0.25) is 0 Å². The molecule has 0 radical (unpaired) electrons. The number of nitrogens with zero attached hydrogens (tertiary/aromatic N) is 1. The number of benzene rings is 2. The second kappa shape index (κ2) is 7.75. The summed E-state index contributed by atoms with van der Waals surface area (Å²) in [5.41, 5.74) is 0.513. The topological polar surface area (TPSA) is 118 Å². The summed E-state index contributed by atoms with van der Waals surface area (Å²) in [6.45, 7) is 2.50. The average Bonchev–Trinajstić information content (AvgIpc) is 2.60. The number of rotatable bonds is 7. The molecular weight excluding hydrogens is 346 g/mol. The van der Waals surface area contributed by atoms with Crippen molar-refractivity contribution in [2.75, 3.05) is 11.3 Å². The van der Waals surface area contributed by atoms with Gasteiger partial charge in [-0.1, -0.05) is 6.92 Å². The number of hydrogen-bond donors (Lipinski definition) is 2. The molecule has 0 atom stereocenters. The van der Waals surface area contributed by atoms with Gasteiger partial charge in [-0.2, -0.15) is 0 Å². The van der Waals surface area contributed by atoms with Crippen molar-refractivity contribution >= 4 is 27.3 Å². The minimum absolute atomic E-state index is 0.0946. The second-order valence-electron chi connectivity index (χ2n) is 5.19.